The molecule has 96 valence electrons. The van der Waals surface area contributed by atoms with Gasteiger partial charge in [0.2, 0.25) is 0 Å². The van der Waals surface area contributed by atoms with Crippen molar-refractivity contribution >= 4 is 5.65 Å². The van der Waals surface area contributed by atoms with Crippen molar-refractivity contribution in [2.75, 3.05) is 13.1 Å². The van der Waals surface area contributed by atoms with Crippen LogP contribution < -0.4 is 5.56 Å². The van der Waals surface area contributed by atoms with Crippen molar-refractivity contribution in [2.24, 2.45) is 0 Å². The molecule has 5 nitrogen and oxygen atoms in total. The molecule has 0 aliphatic heterocycles. The molecule has 1 N–H and O–H groups in total. The maximum absolute atomic E-state index is 11.9. The molecule has 5 heteroatoms. The minimum Gasteiger partial charge on any atom is -0.504 e. The van der Waals surface area contributed by atoms with E-state index in [-0.39, 0.29) is 11.3 Å². The fourth-order valence-corrected chi connectivity index (χ4v) is 1.92. The van der Waals surface area contributed by atoms with Crippen molar-refractivity contribution in [3.8, 4) is 5.75 Å². The second-order valence-corrected chi connectivity index (χ2v) is 4.13. The van der Waals surface area contributed by atoms with Gasteiger partial charge in [0, 0.05) is 18.8 Å². The van der Waals surface area contributed by atoms with Crippen molar-refractivity contribution in [3.05, 3.63) is 40.4 Å². The van der Waals surface area contributed by atoms with Gasteiger partial charge in [0.25, 0.3) is 5.56 Å². The molecule has 0 spiro atoms. The number of hydrogen-bond acceptors (Lipinski definition) is 4. The van der Waals surface area contributed by atoms with Gasteiger partial charge in [-0.15, -0.1) is 0 Å². The van der Waals surface area contributed by atoms with Crippen LogP contribution in [0.15, 0.2) is 29.2 Å². The van der Waals surface area contributed by atoms with Gasteiger partial charge in [-0.2, -0.15) is 0 Å². The lowest BCUT2D eigenvalue weighted by Gasteiger charge is -2.17. The number of aromatic hydroxyl groups is 1. The highest BCUT2D eigenvalue weighted by Crippen LogP contribution is 2.14. The third-order valence-corrected chi connectivity index (χ3v) is 3.00. The maximum atomic E-state index is 11.9. The highest BCUT2D eigenvalue weighted by atomic mass is 16.3. The number of pyridine rings is 1. The molecule has 0 atom stereocenters. The normalized spacial score (nSPS) is 11.3. The Balaban J connectivity index is 2.48. The first-order valence-corrected chi connectivity index (χ1v) is 6.08. The molecule has 2 heterocycles. The van der Waals surface area contributed by atoms with E-state index in [1.165, 1.54) is 16.5 Å². The van der Waals surface area contributed by atoms with Crippen molar-refractivity contribution in [1.82, 2.24) is 14.3 Å². The van der Waals surface area contributed by atoms with Crippen LogP contribution in [-0.4, -0.2) is 32.5 Å². The minimum absolute atomic E-state index is 0.0241. The third-order valence-electron chi connectivity index (χ3n) is 3.00. The average Bonchev–Trinajstić information content (AvgIpc) is 2.37. The summed E-state index contributed by atoms with van der Waals surface area (Å²) in [7, 11) is 0. The summed E-state index contributed by atoms with van der Waals surface area (Å²) in [5, 5.41) is 9.73. The predicted octanol–water partition coefficient (Wildman–Crippen LogP) is 1.24. The fraction of sp³-hybridized carbons (Fsp3) is 0.385. The molecule has 0 unspecified atom stereocenters. The van der Waals surface area contributed by atoms with Crippen LogP contribution in [0, 0.1) is 0 Å². The molecule has 0 aliphatic carbocycles. The van der Waals surface area contributed by atoms with Gasteiger partial charge < -0.3 is 5.11 Å². The van der Waals surface area contributed by atoms with Crippen molar-refractivity contribution in [1.29, 1.82) is 0 Å². The van der Waals surface area contributed by atoms with Crippen LogP contribution in [0.25, 0.3) is 5.65 Å². The average molecular weight is 247 g/mol. The quantitative estimate of drug-likeness (QED) is 0.883. The molecule has 18 heavy (non-hydrogen) atoms. The lowest BCUT2D eigenvalue weighted by molar-refractivity contribution is 0.292. The van der Waals surface area contributed by atoms with Crippen molar-refractivity contribution in [3.63, 3.8) is 0 Å². The predicted molar refractivity (Wildman–Crippen MR) is 69.8 cm³/mol. The Hall–Kier alpha value is -1.88. The van der Waals surface area contributed by atoms with Crippen molar-refractivity contribution < 1.29 is 5.11 Å². The van der Waals surface area contributed by atoms with Crippen LogP contribution >= 0.6 is 0 Å². The fourth-order valence-electron chi connectivity index (χ4n) is 1.92. The molecule has 0 saturated carbocycles. The Morgan fingerprint density at radius 3 is 2.78 bits per heavy atom. The summed E-state index contributed by atoms with van der Waals surface area (Å²) in [4.78, 5) is 18.4. The Bertz CT molecular complexity index is 603. The van der Waals surface area contributed by atoms with Crippen LogP contribution in [0.3, 0.4) is 0 Å². The second-order valence-electron chi connectivity index (χ2n) is 4.13. The number of fused-ring (bicyclic) bond motifs is 1. The van der Waals surface area contributed by atoms with Crippen LogP contribution in [0.5, 0.6) is 5.75 Å². The van der Waals surface area contributed by atoms with Gasteiger partial charge in [-0.25, -0.2) is 4.98 Å². The summed E-state index contributed by atoms with van der Waals surface area (Å²) in [6.07, 6.45) is 1.60. The maximum Gasteiger partial charge on any atom is 0.258 e. The summed E-state index contributed by atoms with van der Waals surface area (Å²) < 4.78 is 1.35. The van der Waals surface area contributed by atoms with Gasteiger partial charge in [0.15, 0.2) is 11.4 Å². The summed E-state index contributed by atoms with van der Waals surface area (Å²) in [6, 6.07) is 4.67. The van der Waals surface area contributed by atoms with E-state index >= 15 is 0 Å². The van der Waals surface area contributed by atoms with E-state index in [0.717, 1.165) is 13.1 Å². The molecule has 0 amide bonds. The molecule has 2 aromatic heterocycles. The molecular weight excluding hydrogens is 230 g/mol. The highest BCUT2D eigenvalue weighted by molar-refractivity contribution is 5.52. The first kappa shape index (κ1) is 12.6. The van der Waals surface area contributed by atoms with Gasteiger partial charge >= 0.3 is 0 Å². The van der Waals surface area contributed by atoms with E-state index in [0.29, 0.717) is 17.9 Å². The van der Waals surface area contributed by atoms with Gasteiger partial charge in [-0.05, 0) is 25.2 Å². The topological polar surface area (TPSA) is 57.8 Å². The molecule has 0 aromatic carbocycles. The van der Waals surface area contributed by atoms with E-state index in [1.54, 1.807) is 12.3 Å². The Morgan fingerprint density at radius 1 is 1.39 bits per heavy atom. The molecule has 0 saturated heterocycles. The molecule has 0 aliphatic rings. The zero-order valence-electron chi connectivity index (χ0n) is 10.6. The highest BCUT2D eigenvalue weighted by Gasteiger charge is 2.08. The number of rotatable bonds is 4. The Morgan fingerprint density at radius 2 is 2.11 bits per heavy atom. The molecule has 0 bridgehead atoms. The summed E-state index contributed by atoms with van der Waals surface area (Å²) >= 11 is 0. The van der Waals surface area contributed by atoms with Crippen LogP contribution in [-0.2, 0) is 6.54 Å². The van der Waals surface area contributed by atoms with E-state index in [4.69, 9.17) is 0 Å². The molecule has 2 rings (SSSR count). The number of hydrogen-bond donors (Lipinski definition) is 1. The van der Waals surface area contributed by atoms with Crippen LogP contribution in [0.2, 0.25) is 0 Å². The van der Waals surface area contributed by atoms with Crippen LogP contribution in [0.4, 0.5) is 0 Å². The number of nitrogens with zero attached hydrogens (tertiary/aromatic N) is 3. The van der Waals surface area contributed by atoms with Gasteiger partial charge in [-0.1, -0.05) is 13.8 Å². The Labute approximate surface area is 105 Å². The van der Waals surface area contributed by atoms with Gasteiger partial charge in [0.05, 0.1) is 5.69 Å². The monoisotopic (exact) mass is 247 g/mol. The lowest BCUT2D eigenvalue weighted by atomic mass is 10.3. The van der Waals surface area contributed by atoms with Gasteiger partial charge in [-0.3, -0.25) is 14.1 Å². The van der Waals surface area contributed by atoms with Crippen molar-refractivity contribution in [2.45, 2.75) is 20.4 Å². The zero-order valence-corrected chi connectivity index (χ0v) is 10.6. The van der Waals surface area contributed by atoms with E-state index in [1.807, 2.05) is 0 Å². The largest absolute Gasteiger partial charge is 0.504 e. The molecular formula is C13H17N3O2. The second kappa shape index (κ2) is 5.18. The molecule has 0 radical (unpaired) electrons. The first-order chi connectivity index (χ1) is 8.65. The summed E-state index contributed by atoms with van der Waals surface area (Å²) in [5.41, 5.74) is 0.829. The third kappa shape index (κ3) is 2.36. The SMILES string of the molecule is CCN(CC)Cc1cc(=O)n2cccc(O)c2n1. The summed E-state index contributed by atoms with van der Waals surface area (Å²) in [5.74, 6) is 0.0241. The molecule has 0 fully saturated rings. The Kier molecular flexibility index (Phi) is 3.62. The van der Waals surface area contributed by atoms with E-state index in [2.05, 4.69) is 23.7 Å². The van der Waals surface area contributed by atoms with E-state index in [9.17, 15) is 9.90 Å². The van der Waals surface area contributed by atoms with Gasteiger partial charge in [0.1, 0.15) is 0 Å². The zero-order chi connectivity index (χ0) is 13.1. The van der Waals surface area contributed by atoms with E-state index < -0.39 is 0 Å². The first-order valence-electron chi connectivity index (χ1n) is 6.08. The smallest absolute Gasteiger partial charge is 0.258 e. The van der Waals surface area contributed by atoms with Crippen LogP contribution in [0.1, 0.15) is 19.5 Å². The lowest BCUT2D eigenvalue weighted by Crippen LogP contribution is -2.25. The summed E-state index contributed by atoms with van der Waals surface area (Å²) in [6.45, 7) is 6.55. The number of aromatic nitrogens is 2. The minimum atomic E-state index is -0.168. The molecule has 2 aromatic rings. The standard InChI is InChI=1S/C13H17N3O2/c1-3-15(4-2)9-10-8-12(18)16-7-5-6-11(17)13(16)14-10/h5-8,17H,3-4,9H2,1-2H3.